The van der Waals surface area contributed by atoms with Crippen molar-refractivity contribution in [1.29, 1.82) is 0 Å². The Labute approximate surface area is 141 Å². The van der Waals surface area contributed by atoms with Crippen LogP contribution in [0.3, 0.4) is 0 Å². The predicted octanol–water partition coefficient (Wildman–Crippen LogP) is 2.57. The Kier molecular flexibility index (Phi) is 4.79. The van der Waals surface area contributed by atoms with E-state index in [4.69, 9.17) is 4.74 Å². The molecule has 24 heavy (non-hydrogen) atoms. The molecule has 2 aromatic rings. The van der Waals surface area contributed by atoms with Crippen molar-refractivity contribution in [2.75, 3.05) is 11.9 Å². The van der Waals surface area contributed by atoms with E-state index in [-0.39, 0.29) is 18.4 Å². The molecule has 124 valence electrons. The number of anilines is 1. The van der Waals surface area contributed by atoms with Crippen molar-refractivity contribution in [3.05, 3.63) is 59.2 Å². The summed E-state index contributed by atoms with van der Waals surface area (Å²) in [7, 11) is 0. The third-order valence-corrected chi connectivity index (χ3v) is 3.93. The highest BCUT2D eigenvalue weighted by molar-refractivity contribution is 5.95. The van der Waals surface area contributed by atoms with Crippen LogP contribution in [0.25, 0.3) is 0 Å². The number of hydrogen-bond acceptors (Lipinski definition) is 3. The molecule has 0 aliphatic carbocycles. The summed E-state index contributed by atoms with van der Waals surface area (Å²) < 4.78 is 5.32. The van der Waals surface area contributed by atoms with Crippen LogP contribution in [-0.2, 0) is 22.6 Å². The van der Waals surface area contributed by atoms with Gasteiger partial charge < -0.3 is 15.4 Å². The summed E-state index contributed by atoms with van der Waals surface area (Å²) in [5, 5.41) is 5.70. The smallest absolute Gasteiger partial charge is 0.262 e. The van der Waals surface area contributed by atoms with E-state index >= 15 is 0 Å². The zero-order valence-electron chi connectivity index (χ0n) is 13.6. The molecule has 1 heterocycles. The number of aryl methyl sites for hydroxylation is 2. The molecule has 5 heteroatoms. The van der Waals surface area contributed by atoms with Gasteiger partial charge in [0, 0.05) is 13.0 Å². The first-order valence-electron chi connectivity index (χ1n) is 7.98. The van der Waals surface area contributed by atoms with Crippen LogP contribution in [-0.4, -0.2) is 18.4 Å². The van der Waals surface area contributed by atoms with E-state index in [9.17, 15) is 9.59 Å². The summed E-state index contributed by atoms with van der Waals surface area (Å²) in [6.45, 7) is 2.62. The Morgan fingerprint density at radius 3 is 2.71 bits per heavy atom. The molecule has 1 aliphatic rings. The third kappa shape index (κ3) is 4.13. The standard InChI is InChI=1S/C19H20N2O3/c1-13-2-4-15(5-3-13)11-20-18(22)9-7-14-6-8-17-16(10-14)21-19(23)12-24-17/h2-6,8,10H,7,9,11-12H2,1H3,(H,20,22)(H,21,23). The summed E-state index contributed by atoms with van der Waals surface area (Å²) in [4.78, 5) is 23.3. The number of amides is 2. The van der Waals surface area contributed by atoms with Gasteiger partial charge in [0.05, 0.1) is 5.69 Å². The van der Waals surface area contributed by atoms with Crippen molar-refractivity contribution in [2.45, 2.75) is 26.3 Å². The number of ether oxygens (including phenoxy) is 1. The molecule has 0 saturated heterocycles. The number of rotatable bonds is 5. The lowest BCUT2D eigenvalue weighted by Crippen LogP contribution is -2.25. The Bertz CT molecular complexity index is 754. The van der Waals surface area contributed by atoms with Crippen LogP contribution in [0.4, 0.5) is 5.69 Å². The fourth-order valence-corrected chi connectivity index (χ4v) is 2.54. The number of benzene rings is 2. The molecule has 0 aromatic heterocycles. The number of fused-ring (bicyclic) bond motifs is 1. The summed E-state index contributed by atoms with van der Waals surface area (Å²) >= 11 is 0. The highest BCUT2D eigenvalue weighted by atomic mass is 16.5. The lowest BCUT2D eigenvalue weighted by atomic mass is 10.1. The molecule has 0 atom stereocenters. The molecule has 0 spiro atoms. The first-order chi connectivity index (χ1) is 11.6. The Balaban J connectivity index is 1.50. The monoisotopic (exact) mass is 324 g/mol. The van der Waals surface area contributed by atoms with Gasteiger partial charge in [-0.1, -0.05) is 35.9 Å². The van der Waals surface area contributed by atoms with Crippen LogP contribution in [0.15, 0.2) is 42.5 Å². The van der Waals surface area contributed by atoms with Crippen LogP contribution >= 0.6 is 0 Å². The van der Waals surface area contributed by atoms with Gasteiger partial charge in [-0.25, -0.2) is 0 Å². The molecule has 0 saturated carbocycles. The average molecular weight is 324 g/mol. The molecule has 0 radical (unpaired) electrons. The van der Waals surface area contributed by atoms with Crippen LogP contribution in [0, 0.1) is 6.92 Å². The van der Waals surface area contributed by atoms with Gasteiger partial charge in [0.1, 0.15) is 5.75 Å². The van der Waals surface area contributed by atoms with Gasteiger partial charge in [-0.2, -0.15) is 0 Å². The molecule has 2 N–H and O–H groups in total. The summed E-state index contributed by atoms with van der Waals surface area (Å²) in [5.41, 5.74) is 3.95. The second-order valence-electron chi connectivity index (χ2n) is 5.93. The zero-order valence-corrected chi connectivity index (χ0v) is 13.6. The molecule has 2 aromatic carbocycles. The maximum Gasteiger partial charge on any atom is 0.262 e. The van der Waals surface area contributed by atoms with E-state index in [1.54, 1.807) is 0 Å². The highest BCUT2D eigenvalue weighted by Gasteiger charge is 2.16. The third-order valence-electron chi connectivity index (χ3n) is 3.93. The molecule has 5 nitrogen and oxygen atoms in total. The first-order valence-corrected chi connectivity index (χ1v) is 7.98. The van der Waals surface area contributed by atoms with Gasteiger partial charge in [-0.15, -0.1) is 0 Å². The van der Waals surface area contributed by atoms with Crippen molar-refractivity contribution in [1.82, 2.24) is 5.32 Å². The SMILES string of the molecule is Cc1ccc(CNC(=O)CCc2ccc3c(c2)NC(=O)CO3)cc1. The molecule has 0 fully saturated rings. The largest absolute Gasteiger partial charge is 0.482 e. The fourth-order valence-electron chi connectivity index (χ4n) is 2.54. The molecule has 0 bridgehead atoms. The maximum absolute atomic E-state index is 12.0. The predicted molar refractivity (Wildman–Crippen MR) is 91.9 cm³/mol. The second kappa shape index (κ2) is 7.17. The Morgan fingerprint density at radius 1 is 1.17 bits per heavy atom. The lowest BCUT2D eigenvalue weighted by molar-refractivity contribution is -0.121. The summed E-state index contributed by atoms with van der Waals surface area (Å²) in [5.74, 6) is 0.520. The molecular weight excluding hydrogens is 304 g/mol. The molecule has 0 unspecified atom stereocenters. The van der Waals surface area contributed by atoms with Gasteiger partial charge in [-0.05, 0) is 36.6 Å². The van der Waals surface area contributed by atoms with Gasteiger partial charge >= 0.3 is 0 Å². The van der Waals surface area contributed by atoms with Gasteiger partial charge in [-0.3, -0.25) is 9.59 Å². The zero-order chi connectivity index (χ0) is 16.9. The number of hydrogen-bond donors (Lipinski definition) is 2. The van der Waals surface area contributed by atoms with E-state index in [0.29, 0.717) is 30.8 Å². The quantitative estimate of drug-likeness (QED) is 0.888. The van der Waals surface area contributed by atoms with E-state index in [1.165, 1.54) is 5.56 Å². The van der Waals surface area contributed by atoms with Gasteiger partial charge in [0.25, 0.3) is 5.91 Å². The topological polar surface area (TPSA) is 67.4 Å². The van der Waals surface area contributed by atoms with E-state index in [0.717, 1.165) is 11.1 Å². The van der Waals surface area contributed by atoms with Crippen LogP contribution < -0.4 is 15.4 Å². The van der Waals surface area contributed by atoms with Crippen molar-refractivity contribution < 1.29 is 14.3 Å². The van der Waals surface area contributed by atoms with Crippen molar-refractivity contribution in [3.63, 3.8) is 0 Å². The normalized spacial score (nSPS) is 12.8. The minimum atomic E-state index is -0.157. The first kappa shape index (κ1) is 16.1. The van der Waals surface area contributed by atoms with Crippen LogP contribution in [0.1, 0.15) is 23.1 Å². The Hall–Kier alpha value is -2.82. The molecule has 1 aliphatic heterocycles. The van der Waals surface area contributed by atoms with E-state index < -0.39 is 0 Å². The second-order valence-corrected chi connectivity index (χ2v) is 5.93. The van der Waals surface area contributed by atoms with Crippen molar-refractivity contribution in [2.24, 2.45) is 0 Å². The van der Waals surface area contributed by atoms with Gasteiger partial charge in [0.2, 0.25) is 5.91 Å². The highest BCUT2D eigenvalue weighted by Crippen LogP contribution is 2.28. The summed E-state index contributed by atoms with van der Waals surface area (Å²) in [6.07, 6.45) is 1.02. The van der Waals surface area contributed by atoms with Crippen molar-refractivity contribution in [3.8, 4) is 5.75 Å². The van der Waals surface area contributed by atoms with Crippen molar-refractivity contribution >= 4 is 17.5 Å². The maximum atomic E-state index is 12.0. The summed E-state index contributed by atoms with van der Waals surface area (Å²) in [6, 6.07) is 13.7. The average Bonchev–Trinajstić information content (AvgIpc) is 2.59. The Morgan fingerprint density at radius 2 is 1.92 bits per heavy atom. The minimum Gasteiger partial charge on any atom is -0.482 e. The fraction of sp³-hybridized carbons (Fsp3) is 0.263. The van der Waals surface area contributed by atoms with Crippen LogP contribution in [0.2, 0.25) is 0 Å². The number of nitrogens with one attached hydrogen (secondary N) is 2. The van der Waals surface area contributed by atoms with Gasteiger partial charge in [0.15, 0.2) is 6.61 Å². The minimum absolute atomic E-state index is 0.00795. The van der Waals surface area contributed by atoms with Crippen LogP contribution in [0.5, 0.6) is 5.75 Å². The van der Waals surface area contributed by atoms with E-state index in [1.807, 2.05) is 49.4 Å². The molecule has 2 amide bonds. The molecule has 3 rings (SSSR count). The number of carbonyl (C=O) groups is 2. The molecular formula is C19H20N2O3. The van der Waals surface area contributed by atoms with E-state index in [2.05, 4.69) is 10.6 Å². The lowest BCUT2D eigenvalue weighted by Gasteiger charge is -2.18. The number of carbonyl (C=O) groups excluding carboxylic acids is 2.